The molecule has 0 aliphatic carbocycles. The highest BCUT2D eigenvalue weighted by Crippen LogP contribution is 2.33. The largest absolute Gasteiger partial charge is 0.497 e. The van der Waals surface area contributed by atoms with E-state index in [0.717, 1.165) is 16.9 Å². The lowest BCUT2D eigenvalue weighted by atomic mass is 10.0. The van der Waals surface area contributed by atoms with Crippen LogP contribution in [0.3, 0.4) is 0 Å². The molecular weight excluding hydrogens is 574 g/mol. The van der Waals surface area contributed by atoms with Crippen molar-refractivity contribution >= 4 is 28.6 Å². The summed E-state index contributed by atoms with van der Waals surface area (Å²) in [5.41, 5.74) is 4.72. The summed E-state index contributed by atoms with van der Waals surface area (Å²) >= 11 is 0. The van der Waals surface area contributed by atoms with Gasteiger partial charge in [-0.3, -0.25) is 4.79 Å². The van der Waals surface area contributed by atoms with Crippen LogP contribution in [0.4, 0.5) is 5.69 Å². The summed E-state index contributed by atoms with van der Waals surface area (Å²) < 4.78 is 26.9. The first-order chi connectivity index (χ1) is 21.9. The minimum Gasteiger partial charge on any atom is -0.497 e. The number of nitrogens with zero attached hydrogens (tertiary/aromatic N) is 2. The fourth-order valence-corrected chi connectivity index (χ4v) is 4.72. The van der Waals surface area contributed by atoms with Crippen LogP contribution in [0.2, 0.25) is 0 Å². The predicted molar refractivity (Wildman–Crippen MR) is 171 cm³/mol. The zero-order chi connectivity index (χ0) is 31.9. The highest BCUT2D eigenvalue weighted by atomic mass is 16.5. The van der Waals surface area contributed by atoms with Crippen LogP contribution in [-0.4, -0.2) is 56.4 Å². The predicted octanol–water partition coefficient (Wildman–Crippen LogP) is 6.57. The normalized spacial score (nSPS) is 11.4. The summed E-state index contributed by atoms with van der Waals surface area (Å²) in [5, 5.41) is 2.78. The highest BCUT2D eigenvalue weighted by molar-refractivity contribution is 5.99. The van der Waals surface area contributed by atoms with Gasteiger partial charge in [0.1, 0.15) is 23.0 Å². The molecule has 0 aliphatic heterocycles. The van der Waals surface area contributed by atoms with Crippen molar-refractivity contribution in [1.29, 1.82) is 0 Å². The van der Waals surface area contributed by atoms with Crippen molar-refractivity contribution in [3.8, 4) is 45.5 Å². The number of hydrogen-bond acceptors (Lipinski definition) is 9. The lowest BCUT2D eigenvalue weighted by Gasteiger charge is -2.18. The van der Waals surface area contributed by atoms with Crippen molar-refractivity contribution in [1.82, 2.24) is 9.97 Å². The van der Waals surface area contributed by atoms with Crippen LogP contribution >= 0.6 is 0 Å². The average Bonchev–Trinajstić information content (AvgIpc) is 3.09. The number of esters is 1. The van der Waals surface area contributed by atoms with Crippen molar-refractivity contribution in [2.24, 2.45) is 0 Å². The van der Waals surface area contributed by atoms with Gasteiger partial charge in [-0.05, 0) is 85.3 Å². The molecule has 1 aromatic heterocycles. The zero-order valence-corrected chi connectivity index (χ0v) is 25.6. The Labute approximate surface area is 260 Å². The zero-order valence-electron chi connectivity index (χ0n) is 25.6. The Morgan fingerprint density at radius 2 is 1.22 bits per heavy atom. The summed E-state index contributed by atoms with van der Waals surface area (Å²) in [6.45, 7) is 1.76. The van der Waals surface area contributed by atoms with Crippen molar-refractivity contribution in [2.45, 2.75) is 19.4 Å². The Balaban J connectivity index is 1.44. The second-order valence-electron chi connectivity index (χ2n) is 9.94. The summed E-state index contributed by atoms with van der Waals surface area (Å²) in [7, 11) is 6.25. The van der Waals surface area contributed by atoms with Gasteiger partial charge in [-0.15, -0.1) is 0 Å². The van der Waals surface area contributed by atoms with E-state index in [1.165, 1.54) is 14.2 Å². The molecule has 0 saturated heterocycles. The van der Waals surface area contributed by atoms with Gasteiger partial charge in [0.2, 0.25) is 0 Å². The van der Waals surface area contributed by atoms with Crippen LogP contribution in [0.25, 0.3) is 33.5 Å². The van der Waals surface area contributed by atoms with Crippen LogP contribution < -0.4 is 24.3 Å². The second-order valence-corrected chi connectivity index (χ2v) is 9.94. The number of benzene rings is 4. The molecule has 1 unspecified atom stereocenters. The molecule has 5 aromatic rings. The van der Waals surface area contributed by atoms with Crippen LogP contribution in [0.1, 0.15) is 23.7 Å². The Morgan fingerprint density at radius 3 is 1.76 bits per heavy atom. The third kappa shape index (κ3) is 6.80. The number of methoxy groups -OCH3 is 4. The Bertz CT molecular complexity index is 1820. The van der Waals surface area contributed by atoms with Crippen molar-refractivity contribution in [2.75, 3.05) is 33.8 Å². The van der Waals surface area contributed by atoms with Gasteiger partial charge in [0.15, 0.2) is 6.10 Å². The number of fused-ring (bicyclic) bond motifs is 1. The lowest BCUT2D eigenvalue weighted by molar-refractivity contribution is -0.124. The Hall–Kier alpha value is -5.64. The number of ether oxygens (including phenoxy) is 5. The van der Waals surface area contributed by atoms with Gasteiger partial charge in [0, 0.05) is 17.2 Å². The third-order valence-corrected chi connectivity index (χ3v) is 7.21. The first kappa shape index (κ1) is 30.8. The number of hydrogen-bond donors (Lipinski definition) is 1. The molecule has 1 atom stereocenters. The van der Waals surface area contributed by atoms with E-state index in [-0.39, 0.29) is 12.0 Å². The summed E-state index contributed by atoms with van der Waals surface area (Å²) in [6, 6.07) is 25.0. The molecule has 0 spiro atoms. The van der Waals surface area contributed by atoms with Crippen molar-refractivity contribution in [3.63, 3.8) is 0 Å². The van der Waals surface area contributed by atoms with Gasteiger partial charge in [0.05, 0.1) is 62.1 Å². The topological polar surface area (TPSA) is 118 Å². The molecule has 1 amide bonds. The molecule has 0 saturated carbocycles. The average molecular weight is 608 g/mol. The number of carbonyl (C=O) groups is 2. The molecule has 45 heavy (non-hydrogen) atoms. The maximum Gasteiger partial charge on any atom is 0.338 e. The fourth-order valence-electron chi connectivity index (χ4n) is 4.72. The molecular formula is C35H33N3O7. The Morgan fingerprint density at radius 1 is 0.667 bits per heavy atom. The first-order valence-corrected chi connectivity index (χ1v) is 14.2. The Kier molecular flexibility index (Phi) is 9.43. The summed E-state index contributed by atoms with van der Waals surface area (Å²) in [6.07, 6.45) is -0.783. The maximum atomic E-state index is 13.3. The van der Waals surface area contributed by atoms with Gasteiger partial charge in [-0.1, -0.05) is 6.92 Å². The minimum atomic E-state index is -1.04. The molecule has 10 heteroatoms. The van der Waals surface area contributed by atoms with Crippen molar-refractivity contribution < 1.29 is 33.3 Å². The maximum absolute atomic E-state index is 13.3. The number of anilines is 1. The van der Waals surface area contributed by atoms with E-state index < -0.39 is 18.0 Å². The quantitative estimate of drug-likeness (QED) is 0.166. The molecule has 1 heterocycles. The molecule has 0 radical (unpaired) electrons. The molecule has 0 bridgehead atoms. The van der Waals surface area contributed by atoms with E-state index in [2.05, 4.69) is 5.32 Å². The van der Waals surface area contributed by atoms with E-state index in [4.69, 9.17) is 33.7 Å². The fraction of sp³-hybridized carbons (Fsp3) is 0.200. The van der Waals surface area contributed by atoms with Gasteiger partial charge in [-0.2, -0.15) is 0 Å². The number of rotatable bonds is 11. The van der Waals surface area contributed by atoms with E-state index in [1.54, 1.807) is 57.5 Å². The lowest BCUT2D eigenvalue weighted by Crippen LogP contribution is -2.32. The van der Waals surface area contributed by atoms with E-state index in [0.29, 0.717) is 45.4 Å². The molecule has 4 aromatic carbocycles. The van der Waals surface area contributed by atoms with E-state index in [1.807, 2.05) is 48.5 Å². The summed E-state index contributed by atoms with van der Waals surface area (Å²) in [5.74, 6) is 1.29. The van der Waals surface area contributed by atoms with E-state index in [9.17, 15) is 9.59 Å². The smallest absolute Gasteiger partial charge is 0.338 e. The van der Waals surface area contributed by atoms with E-state index >= 15 is 0 Å². The molecule has 5 rings (SSSR count). The number of aromatic nitrogens is 2. The molecule has 1 N–H and O–H groups in total. The standard InChI is InChI=1S/C35H33N3O7/c1-6-30(34(39)38-28-18-16-26(43-4)20-31(28)44-5)45-35(40)23-11-17-27-29(19-23)37-33(22-9-14-25(42-3)15-10-22)32(36-27)21-7-12-24(41-2)13-8-21/h7-20,30H,6H2,1-5H3,(H,38,39). The third-order valence-electron chi connectivity index (χ3n) is 7.21. The van der Waals surface area contributed by atoms with Crippen LogP contribution in [-0.2, 0) is 9.53 Å². The van der Waals surface area contributed by atoms with Gasteiger partial charge < -0.3 is 29.0 Å². The highest BCUT2D eigenvalue weighted by Gasteiger charge is 2.24. The van der Waals surface area contributed by atoms with Gasteiger partial charge in [0.25, 0.3) is 5.91 Å². The van der Waals surface area contributed by atoms with Gasteiger partial charge >= 0.3 is 5.97 Å². The first-order valence-electron chi connectivity index (χ1n) is 14.2. The monoisotopic (exact) mass is 607 g/mol. The number of carbonyl (C=O) groups excluding carboxylic acids is 2. The SMILES string of the molecule is CCC(OC(=O)c1ccc2nc(-c3ccc(OC)cc3)c(-c3ccc(OC)cc3)nc2c1)C(=O)Nc1ccc(OC)cc1OC. The van der Waals surface area contributed by atoms with Gasteiger partial charge in [-0.25, -0.2) is 14.8 Å². The molecule has 0 aliphatic rings. The van der Waals surface area contributed by atoms with Crippen LogP contribution in [0.5, 0.6) is 23.0 Å². The van der Waals surface area contributed by atoms with Crippen molar-refractivity contribution in [3.05, 3.63) is 90.5 Å². The molecule has 10 nitrogen and oxygen atoms in total. The minimum absolute atomic E-state index is 0.239. The second kappa shape index (κ2) is 13.8. The molecule has 0 fully saturated rings. The van der Waals surface area contributed by atoms with Crippen LogP contribution in [0.15, 0.2) is 84.9 Å². The summed E-state index contributed by atoms with van der Waals surface area (Å²) in [4.78, 5) is 36.2. The number of amides is 1. The number of nitrogens with one attached hydrogen (secondary N) is 1. The molecule has 230 valence electrons. The van der Waals surface area contributed by atoms with Crippen LogP contribution in [0, 0.1) is 0 Å².